The molecule has 168 valence electrons. The summed E-state index contributed by atoms with van der Waals surface area (Å²) < 4.78 is 1.96. The second-order valence-electron chi connectivity index (χ2n) is 8.71. The maximum Gasteiger partial charge on any atom is 0.234 e. The highest BCUT2D eigenvalue weighted by atomic mass is 35.5. The predicted molar refractivity (Wildman–Crippen MR) is 125 cm³/mol. The van der Waals surface area contributed by atoms with Crippen LogP contribution in [0.5, 0.6) is 0 Å². The van der Waals surface area contributed by atoms with Gasteiger partial charge in [0.15, 0.2) is 5.16 Å². The van der Waals surface area contributed by atoms with E-state index < -0.39 is 0 Å². The Kier molecular flexibility index (Phi) is 7.67. The largest absolute Gasteiger partial charge is 0.350 e. The third kappa shape index (κ3) is 6.48. The van der Waals surface area contributed by atoms with Gasteiger partial charge in [-0.25, -0.2) is 4.98 Å². The number of piperazine rings is 1. The molecule has 0 atom stereocenters. The molecule has 0 spiro atoms. The van der Waals surface area contributed by atoms with E-state index in [2.05, 4.69) is 15.2 Å². The Hall–Kier alpha value is -2.03. The summed E-state index contributed by atoms with van der Waals surface area (Å²) in [6.45, 7) is 10.9. The van der Waals surface area contributed by atoms with Crippen molar-refractivity contribution in [2.75, 3.05) is 38.5 Å². The fraction of sp³-hybridized carbons (Fsp3) is 0.500. The Morgan fingerprint density at radius 1 is 1.19 bits per heavy atom. The van der Waals surface area contributed by atoms with E-state index in [-0.39, 0.29) is 17.4 Å². The topological polar surface area (TPSA) is 70.5 Å². The van der Waals surface area contributed by atoms with Crippen LogP contribution in [0.2, 0.25) is 5.02 Å². The number of imidazole rings is 1. The maximum absolute atomic E-state index is 12.7. The number of amides is 2. The van der Waals surface area contributed by atoms with Crippen molar-refractivity contribution < 1.29 is 9.59 Å². The van der Waals surface area contributed by atoms with E-state index in [4.69, 9.17) is 11.6 Å². The highest BCUT2D eigenvalue weighted by Crippen LogP contribution is 2.26. The predicted octanol–water partition coefficient (Wildman–Crippen LogP) is 2.99. The number of carbonyl (C=O) groups is 2. The van der Waals surface area contributed by atoms with Crippen LogP contribution in [0.15, 0.2) is 35.7 Å². The molecule has 31 heavy (non-hydrogen) atoms. The van der Waals surface area contributed by atoms with E-state index >= 15 is 0 Å². The first-order valence-electron chi connectivity index (χ1n) is 10.4. The molecule has 0 saturated carbocycles. The molecule has 0 bridgehead atoms. The summed E-state index contributed by atoms with van der Waals surface area (Å²) in [5.41, 5.74) is 1.70. The van der Waals surface area contributed by atoms with E-state index in [0.29, 0.717) is 43.5 Å². The maximum atomic E-state index is 12.7. The lowest BCUT2D eigenvalue weighted by molar-refractivity contribution is -0.130. The van der Waals surface area contributed by atoms with Crippen molar-refractivity contribution in [3.8, 4) is 5.69 Å². The van der Waals surface area contributed by atoms with Crippen LogP contribution < -0.4 is 5.32 Å². The first-order valence-corrected chi connectivity index (χ1v) is 11.7. The number of halogens is 1. The zero-order valence-corrected chi connectivity index (χ0v) is 20.1. The Labute approximate surface area is 193 Å². The molecule has 1 fully saturated rings. The van der Waals surface area contributed by atoms with Crippen molar-refractivity contribution in [3.63, 3.8) is 0 Å². The third-order valence-corrected chi connectivity index (χ3v) is 6.40. The number of carbonyl (C=O) groups excluding carboxylic acids is 2. The molecule has 1 aromatic carbocycles. The van der Waals surface area contributed by atoms with Gasteiger partial charge in [0.25, 0.3) is 0 Å². The lowest BCUT2D eigenvalue weighted by Gasteiger charge is -2.34. The average molecular weight is 464 g/mol. The molecular formula is C22H30ClN5O2S. The Morgan fingerprint density at radius 3 is 2.58 bits per heavy atom. The number of aromatic nitrogens is 2. The van der Waals surface area contributed by atoms with E-state index in [1.165, 1.54) is 11.8 Å². The zero-order valence-electron chi connectivity index (χ0n) is 18.5. The van der Waals surface area contributed by atoms with Crippen LogP contribution in [-0.2, 0) is 9.59 Å². The minimum absolute atomic E-state index is 0.0194. The summed E-state index contributed by atoms with van der Waals surface area (Å²) in [5, 5.41) is 4.44. The molecule has 1 aliphatic heterocycles. The van der Waals surface area contributed by atoms with Crippen molar-refractivity contribution in [2.45, 2.75) is 38.4 Å². The molecule has 1 aromatic heterocycles. The standard InChI is InChI=1S/C22H30ClN5O2S/c1-16-17(23)6-5-7-18(16)28-9-8-24-21(28)31-15-20(30)27-12-10-26(11-13-27)14-19(29)25-22(2,3)4/h5-9H,10-15H2,1-4H3,(H,25,29). The van der Waals surface area contributed by atoms with Crippen molar-refractivity contribution in [3.05, 3.63) is 41.2 Å². The molecule has 0 radical (unpaired) electrons. The van der Waals surface area contributed by atoms with Crippen LogP contribution >= 0.6 is 23.4 Å². The first kappa shape index (κ1) is 23.6. The van der Waals surface area contributed by atoms with Crippen LogP contribution in [0.4, 0.5) is 0 Å². The number of nitrogens with one attached hydrogen (secondary N) is 1. The second kappa shape index (κ2) is 10.1. The normalized spacial score (nSPS) is 15.2. The summed E-state index contributed by atoms with van der Waals surface area (Å²) in [4.78, 5) is 33.2. The van der Waals surface area contributed by atoms with Crippen molar-refractivity contribution >= 4 is 35.2 Å². The summed E-state index contributed by atoms with van der Waals surface area (Å²) in [6, 6.07) is 5.76. The summed E-state index contributed by atoms with van der Waals surface area (Å²) in [7, 11) is 0. The highest BCUT2D eigenvalue weighted by Gasteiger charge is 2.24. The van der Waals surface area contributed by atoms with Gasteiger partial charge in [-0.2, -0.15) is 0 Å². The molecular weight excluding hydrogens is 434 g/mol. The van der Waals surface area contributed by atoms with E-state index in [1.807, 2.05) is 61.6 Å². The summed E-state index contributed by atoms with van der Waals surface area (Å²) in [5.74, 6) is 0.424. The molecule has 2 amide bonds. The highest BCUT2D eigenvalue weighted by molar-refractivity contribution is 7.99. The fourth-order valence-corrected chi connectivity index (χ4v) is 4.51. The smallest absolute Gasteiger partial charge is 0.234 e. The summed E-state index contributed by atoms with van der Waals surface area (Å²) in [6.07, 6.45) is 3.61. The number of thioether (sulfide) groups is 1. The van der Waals surface area contributed by atoms with Gasteiger partial charge < -0.3 is 10.2 Å². The van der Waals surface area contributed by atoms with E-state index in [1.54, 1.807) is 6.20 Å². The lowest BCUT2D eigenvalue weighted by Crippen LogP contribution is -2.53. The quantitative estimate of drug-likeness (QED) is 0.667. The van der Waals surface area contributed by atoms with Gasteiger partial charge in [0, 0.05) is 49.1 Å². The number of benzene rings is 1. The molecule has 0 aliphatic carbocycles. The summed E-state index contributed by atoms with van der Waals surface area (Å²) >= 11 is 7.68. The van der Waals surface area contributed by atoms with Gasteiger partial charge in [-0.05, 0) is 45.4 Å². The Balaban J connectivity index is 1.50. The SMILES string of the molecule is Cc1c(Cl)cccc1-n1ccnc1SCC(=O)N1CCN(CC(=O)NC(C)(C)C)CC1. The van der Waals surface area contributed by atoms with Crippen LogP contribution in [0.25, 0.3) is 5.69 Å². The van der Waals surface area contributed by atoms with Gasteiger partial charge in [0.2, 0.25) is 11.8 Å². The van der Waals surface area contributed by atoms with Gasteiger partial charge >= 0.3 is 0 Å². The van der Waals surface area contributed by atoms with Crippen LogP contribution in [0.1, 0.15) is 26.3 Å². The van der Waals surface area contributed by atoms with Crippen LogP contribution in [-0.4, -0.2) is 75.2 Å². The second-order valence-corrected chi connectivity index (χ2v) is 10.1. The minimum atomic E-state index is -0.235. The van der Waals surface area contributed by atoms with Gasteiger partial charge in [-0.1, -0.05) is 29.4 Å². The lowest BCUT2D eigenvalue weighted by atomic mass is 10.1. The molecule has 1 aliphatic rings. The third-order valence-electron chi connectivity index (χ3n) is 5.04. The number of rotatable bonds is 6. The van der Waals surface area contributed by atoms with Gasteiger partial charge in [-0.3, -0.25) is 19.1 Å². The monoisotopic (exact) mass is 463 g/mol. The molecule has 9 heteroatoms. The molecule has 1 N–H and O–H groups in total. The van der Waals surface area contributed by atoms with Gasteiger partial charge in [0.1, 0.15) is 0 Å². The Morgan fingerprint density at radius 2 is 1.90 bits per heavy atom. The molecule has 2 heterocycles. The van der Waals surface area contributed by atoms with E-state index in [0.717, 1.165) is 16.4 Å². The number of hydrogen-bond donors (Lipinski definition) is 1. The van der Waals surface area contributed by atoms with Gasteiger partial charge in [0.05, 0.1) is 18.0 Å². The molecule has 0 unspecified atom stereocenters. The molecule has 1 saturated heterocycles. The van der Waals surface area contributed by atoms with Crippen LogP contribution in [0.3, 0.4) is 0 Å². The number of hydrogen-bond acceptors (Lipinski definition) is 5. The van der Waals surface area contributed by atoms with E-state index in [9.17, 15) is 9.59 Å². The molecule has 3 rings (SSSR count). The van der Waals surface area contributed by atoms with Crippen LogP contribution in [0, 0.1) is 6.92 Å². The van der Waals surface area contributed by atoms with Crippen molar-refractivity contribution in [2.24, 2.45) is 0 Å². The zero-order chi connectivity index (χ0) is 22.6. The minimum Gasteiger partial charge on any atom is -0.350 e. The molecule has 7 nitrogen and oxygen atoms in total. The van der Waals surface area contributed by atoms with Gasteiger partial charge in [-0.15, -0.1) is 0 Å². The average Bonchev–Trinajstić information content (AvgIpc) is 3.15. The molecule has 2 aromatic rings. The number of nitrogens with zero attached hydrogens (tertiary/aromatic N) is 4. The fourth-order valence-electron chi connectivity index (χ4n) is 3.47. The first-order chi connectivity index (χ1) is 14.6. The van der Waals surface area contributed by atoms with Crippen molar-refractivity contribution in [1.82, 2.24) is 24.7 Å². The Bertz CT molecular complexity index is 932. The van der Waals surface area contributed by atoms with Crippen molar-refractivity contribution in [1.29, 1.82) is 0 Å².